The fraction of sp³-hybridized carbons (Fsp3) is 0.222. The number of nitrogens with one attached hydrogen (secondary N) is 3. The zero-order valence-electron chi connectivity index (χ0n) is 14.2. The molecule has 27 heavy (non-hydrogen) atoms. The summed E-state index contributed by atoms with van der Waals surface area (Å²) in [6.45, 7) is -2.25. The van der Waals surface area contributed by atoms with E-state index in [-0.39, 0.29) is 31.3 Å². The highest BCUT2D eigenvalue weighted by molar-refractivity contribution is 9.10. The smallest absolute Gasteiger partial charge is 0.387 e. The summed E-state index contributed by atoms with van der Waals surface area (Å²) in [5, 5.41) is 7.88. The number of alkyl halides is 2. The van der Waals surface area contributed by atoms with E-state index in [1.165, 1.54) is 12.1 Å². The van der Waals surface area contributed by atoms with Crippen molar-refractivity contribution in [2.24, 2.45) is 0 Å². The molecular weight excluding hydrogens is 424 g/mol. The number of urea groups is 1. The molecule has 0 bridgehead atoms. The summed E-state index contributed by atoms with van der Waals surface area (Å²) < 4.78 is 29.5. The van der Waals surface area contributed by atoms with E-state index in [9.17, 15) is 18.4 Å². The van der Waals surface area contributed by atoms with E-state index in [1.54, 1.807) is 30.3 Å². The predicted octanol–water partition coefficient (Wildman–Crippen LogP) is 3.28. The molecule has 0 radical (unpaired) electrons. The van der Waals surface area contributed by atoms with Crippen LogP contribution in [-0.2, 0) is 6.54 Å². The minimum atomic E-state index is -2.90. The summed E-state index contributed by atoms with van der Waals surface area (Å²) in [5.41, 5.74) is 1.13. The van der Waals surface area contributed by atoms with Gasteiger partial charge in [-0.3, -0.25) is 4.79 Å². The average molecular weight is 442 g/mol. The molecule has 0 atom stereocenters. The van der Waals surface area contributed by atoms with Crippen molar-refractivity contribution in [2.75, 3.05) is 13.1 Å². The van der Waals surface area contributed by atoms with E-state index < -0.39 is 12.6 Å². The SMILES string of the molecule is O=C(NCCNC(=O)c1cccc(Br)c1)NCc1cccc(OC(F)F)c1. The third-order valence-electron chi connectivity index (χ3n) is 3.36. The number of rotatable bonds is 8. The van der Waals surface area contributed by atoms with Gasteiger partial charge in [-0.2, -0.15) is 8.78 Å². The summed E-state index contributed by atoms with van der Waals surface area (Å²) in [7, 11) is 0. The standard InChI is InChI=1S/C18H18BrF2N3O3/c19-14-5-2-4-13(10-14)16(25)22-7-8-23-18(26)24-11-12-3-1-6-15(9-12)27-17(20)21/h1-6,9-10,17H,7-8,11H2,(H,22,25)(H2,23,24,26). The molecule has 0 aliphatic carbocycles. The molecule has 6 nitrogen and oxygen atoms in total. The fourth-order valence-electron chi connectivity index (χ4n) is 2.16. The zero-order chi connectivity index (χ0) is 19.6. The van der Waals surface area contributed by atoms with Crippen molar-refractivity contribution in [1.29, 1.82) is 0 Å². The van der Waals surface area contributed by atoms with E-state index in [0.717, 1.165) is 4.47 Å². The molecule has 0 saturated carbocycles. The molecule has 0 heterocycles. The van der Waals surface area contributed by atoms with Crippen LogP contribution in [0.2, 0.25) is 0 Å². The van der Waals surface area contributed by atoms with E-state index in [0.29, 0.717) is 11.1 Å². The van der Waals surface area contributed by atoms with E-state index in [1.807, 2.05) is 6.07 Å². The number of carbonyl (C=O) groups is 2. The molecule has 0 aliphatic heterocycles. The maximum atomic E-state index is 12.2. The third kappa shape index (κ3) is 7.61. The van der Waals surface area contributed by atoms with E-state index in [4.69, 9.17) is 0 Å². The zero-order valence-corrected chi connectivity index (χ0v) is 15.8. The molecular formula is C18H18BrF2N3O3. The van der Waals surface area contributed by atoms with Crippen LogP contribution in [0.4, 0.5) is 13.6 Å². The van der Waals surface area contributed by atoms with Crippen LogP contribution < -0.4 is 20.7 Å². The van der Waals surface area contributed by atoms with Crippen LogP contribution in [-0.4, -0.2) is 31.6 Å². The highest BCUT2D eigenvalue weighted by atomic mass is 79.9. The van der Waals surface area contributed by atoms with Gasteiger partial charge in [0.1, 0.15) is 5.75 Å². The summed E-state index contributed by atoms with van der Waals surface area (Å²) in [6, 6.07) is 12.6. The van der Waals surface area contributed by atoms with Crippen molar-refractivity contribution in [3.8, 4) is 5.75 Å². The molecule has 0 unspecified atom stereocenters. The molecule has 0 aliphatic rings. The molecule has 0 fully saturated rings. The highest BCUT2D eigenvalue weighted by Gasteiger charge is 2.07. The lowest BCUT2D eigenvalue weighted by molar-refractivity contribution is -0.0498. The van der Waals surface area contributed by atoms with Crippen molar-refractivity contribution in [3.05, 3.63) is 64.1 Å². The van der Waals surface area contributed by atoms with Gasteiger partial charge in [-0.15, -0.1) is 0 Å². The second kappa shape index (κ2) is 10.5. The van der Waals surface area contributed by atoms with Crippen LogP contribution in [0.25, 0.3) is 0 Å². The van der Waals surface area contributed by atoms with Crippen molar-refractivity contribution in [2.45, 2.75) is 13.2 Å². The normalized spacial score (nSPS) is 10.4. The van der Waals surface area contributed by atoms with Crippen molar-refractivity contribution < 1.29 is 23.1 Å². The van der Waals surface area contributed by atoms with Crippen molar-refractivity contribution in [1.82, 2.24) is 16.0 Å². The number of ether oxygens (including phenoxy) is 1. The average Bonchev–Trinajstić information content (AvgIpc) is 2.63. The Kier molecular flexibility index (Phi) is 8.00. The molecule has 0 aromatic heterocycles. The lowest BCUT2D eigenvalue weighted by atomic mass is 10.2. The first-order valence-electron chi connectivity index (χ1n) is 8.03. The number of benzene rings is 2. The quantitative estimate of drug-likeness (QED) is 0.550. The Morgan fingerprint density at radius 1 is 1.00 bits per heavy atom. The summed E-state index contributed by atoms with van der Waals surface area (Å²) >= 11 is 3.29. The van der Waals surface area contributed by atoms with E-state index >= 15 is 0 Å². The minimum Gasteiger partial charge on any atom is -0.435 e. The molecule has 2 aromatic rings. The lowest BCUT2D eigenvalue weighted by Gasteiger charge is -2.10. The number of amides is 3. The van der Waals surface area contributed by atoms with Gasteiger partial charge in [0.2, 0.25) is 0 Å². The summed E-state index contributed by atoms with van der Waals surface area (Å²) in [5.74, 6) is -0.214. The largest absolute Gasteiger partial charge is 0.435 e. The van der Waals surface area contributed by atoms with Gasteiger partial charge in [-0.25, -0.2) is 4.79 Å². The Morgan fingerprint density at radius 3 is 2.48 bits per heavy atom. The topological polar surface area (TPSA) is 79.5 Å². The number of carbonyl (C=O) groups excluding carboxylic acids is 2. The molecule has 3 amide bonds. The van der Waals surface area contributed by atoms with Gasteiger partial charge < -0.3 is 20.7 Å². The van der Waals surface area contributed by atoms with Gasteiger partial charge in [0.15, 0.2) is 0 Å². The maximum absolute atomic E-state index is 12.2. The molecule has 9 heteroatoms. The van der Waals surface area contributed by atoms with Crippen LogP contribution in [0.3, 0.4) is 0 Å². The first-order chi connectivity index (χ1) is 12.9. The van der Waals surface area contributed by atoms with Crippen LogP contribution in [0, 0.1) is 0 Å². The Balaban J connectivity index is 1.67. The van der Waals surface area contributed by atoms with Gasteiger partial charge >= 0.3 is 12.6 Å². The molecule has 0 saturated heterocycles. The Hall–Kier alpha value is -2.68. The highest BCUT2D eigenvalue weighted by Crippen LogP contribution is 2.15. The Labute approximate surface area is 163 Å². The molecule has 3 N–H and O–H groups in total. The van der Waals surface area contributed by atoms with Crippen LogP contribution in [0.1, 0.15) is 15.9 Å². The van der Waals surface area contributed by atoms with Crippen LogP contribution >= 0.6 is 15.9 Å². The Morgan fingerprint density at radius 2 is 1.74 bits per heavy atom. The number of hydrogen-bond acceptors (Lipinski definition) is 3. The van der Waals surface area contributed by atoms with Crippen LogP contribution in [0.5, 0.6) is 5.75 Å². The lowest BCUT2D eigenvalue weighted by Crippen LogP contribution is -2.40. The predicted molar refractivity (Wildman–Crippen MR) is 99.8 cm³/mol. The van der Waals surface area contributed by atoms with Crippen molar-refractivity contribution in [3.63, 3.8) is 0 Å². The third-order valence-corrected chi connectivity index (χ3v) is 3.85. The first-order valence-corrected chi connectivity index (χ1v) is 8.82. The van der Waals surface area contributed by atoms with E-state index in [2.05, 4.69) is 36.6 Å². The van der Waals surface area contributed by atoms with Gasteiger partial charge in [-0.05, 0) is 35.9 Å². The van der Waals surface area contributed by atoms with Gasteiger partial charge in [-0.1, -0.05) is 34.1 Å². The van der Waals surface area contributed by atoms with Gasteiger partial charge in [0.25, 0.3) is 5.91 Å². The monoisotopic (exact) mass is 441 g/mol. The second-order valence-corrected chi connectivity index (χ2v) is 6.32. The Bertz CT molecular complexity index is 790. The minimum absolute atomic E-state index is 0.0277. The fourth-order valence-corrected chi connectivity index (χ4v) is 2.56. The second-order valence-electron chi connectivity index (χ2n) is 5.40. The maximum Gasteiger partial charge on any atom is 0.387 e. The number of halogens is 3. The van der Waals surface area contributed by atoms with Crippen LogP contribution in [0.15, 0.2) is 53.0 Å². The van der Waals surface area contributed by atoms with Gasteiger partial charge in [0.05, 0.1) is 0 Å². The van der Waals surface area contributed by atoms with Crippen molar-refractivity contribution >= 4 is 27.9 Å². The summed E-state index contributed by atoms with van der Waals surface area (Å²) in [4.78, 5) is 23.7. The molecule has 2 aromatic carbocycles. The molecule has 0 spiro atoms. The molecule has 2 rings (SSSR count). The molecule has 144 valence electrons. The number of hydrogen-bond donors (Lipinski definition) is 3. The first kappa shape index (κ1) is 20.6. The summed E-state index contributed by atoms with van der Waals surface area (Å²) in [6.07, 6.45) is 0. The van der Waals surface area contributed by atoms with Gasteiger partial charge in [0, 0.05) is 29.7 Å².